The number of aromatic nitrogens is 2. The summed E-state index contributed by atoms with van der Waals surface area (Å²) in [5.74, 6) is -1.50. The molecule has 1 aliphatic carbocycles. The number of carbonyl (C=O) groups is 1. The second kappa shape index (κ2) is 10.1. The molecule has 0 radical (unpaired) electrons. The van der Waals surface area contributed by atoms with E-state index in [1.165, 1.54) is 12.5 Å². The van der Waals surface area contributed by atoms with Gasteiger partial charge < -0.3 is 10.4 Å². The monoisotopic (exact) mass is 433 g/mol. The second-order valence-corrected chi connectivity index (χ2v) is 8.41. The summed E-state index contributed by atoms with van der Waals surface area (Å²) in [6.45, 7) is 3.93. The minimum atomic E-state index is -0.987. The lowest BCUT2D eigenvalue weighted by atomic mass is 9.95. The molecule has 0 saturated heterocycles. The Balaban J connectivity index is 2.14. The van der Waals surface area contributed by atoms with E-state index in [0.717, 1.165) is 30.3 Å². The SMILES string of the molecule is CCC(CC)n1c(=O)n(CCCC(=O)O)c(=O)c2cc(F)c(NC3CCCCC3)cc21. The van der Waals surface area contributed by atoms with Crippen LogP contribution in [0.2, 0.25) is 0 Å². The molecule has 31 heavy (non-hydrogen) atoms. The van der Waals surface area contributed by atoms with Crippen LogP contribution in [-0.2, 0) is 11.3 Å². The summed E-state index contributed by atoms with van der Waals surface area (Å²) in [5.41, 5.74) is -0.290. The van der Waals surface area contributed by atoms with Crippen LogP contribution in [0.5, 0.6) is 0 Å². The number of nitrogens with zero attached hydrogens (tertiary/aromatic N) is 2. The van der Waals surface area contributed by atoms with Gasteiger partial charge in [-0.05, 0) is 44.2 Å². The predicted octanol–water partition coefficient (Wildman–Crippen LogP) is 4.27. The number of hydrogen-bond donors (Lipinski definition) is 2. The molecule has 2 aromatic rings. The standard InChI is InChI=1S/C23H32FN3O4/c1-3-16(4-2)27-20-14-19(25-15-9-6-5-7-10-15)18(24)13-17(20)22(30)26(23(27)31)12-8-11-21(28)29/h13-16,25H,3-12H2,1-2H3,(H,28,29). The maximum absolute atomic E-state index is 15.0. The van der Waals surface area contributed by atoms with E-state index in [4.69, 9.17) is 5.11 Å². The number of carboxylic acids is 1. The van der Waals surface area contributed by atoms with Crippen LogP contribution in [0.15, 0.2) is 21.7 Å². The van der Waals surface area contributed by atoms with Gasteiger partial charge in [0, 0.05) is 25.0 Å². The Morgan fingerprint density at radius 1 is 1.19 bits per heavy atom. The Bertz CT molecular complexity index is 1050. The van der Waals surface area contributed by atoms with Gasteiger partial charge in [-0.2, -0.15) is 0 Å². The van der Waals surface area contributed by atoms with Crippen LogP contribution in [-0.4, -0.2) is 26.3 Å². The summed E-state index contributed by atoms with van der Waals surface area (Å²) >= 11 is 0. The molecule has 0 bridgehead atoms. The van der Waals surface area contributed by atoms with Crippen LogP contribution >= 0.6 is 0 Å². The smallest absolute Gasteiger partial charge is 0.331 e. The largest absolute Gasteiger partial charge is 0.481 e. The lowest BCUT2D eigenvalue weighted by Gasteiger charge is -2.25. The molecule has 0 amide bonds. The van der Waals surface area contributed by atoms with E-state index >= 15 is 0 Å². The van der Waals surface area contributed by atoms with Crippen molar-refractivity contribution in [3.8, 4) is 0 Å². The minimum absolute atomic E-state index is 0.0102. The van der Waals surface area contributed by atoms with Crippen LogP contribution in [0.4, 0.5) is 10.1 Å². The van der Waals surface area contributed by atoms with Crippen molar-refractivity contribution in [3.63, 3.8) is 0 Å². The van der Waals surface area contributed by atoms with E-state index in [1.807, 2.05) is 13.8 Å². The molecule has 2 N–H and O–H groups in total. The average molecular weight is 434 g/mol. The zero-order valence-corrected chi connectivity index (χ0v) is 18.3. The van der Waals surface area contributed by atoms with E-state index in [1.54, 1.807) is 10.6 Å². The zero-order chi connectivity index (χ0) is 22.5. The molecular weight excluding hydrogens is 401 g/mol. The summed E-state index contributed by atoms with van der Waals surface area (Å²) in [4.78, 5) is 37.2. The first-order chi connectivity index (χ1) is 14.9. The van der Waals surface area contributed by atoms with Crippen molar-refractivity contribution in [2.45, 2.75) is 90.3 Å². The fourth-order valence-electron chi connectivity index (χ4n) is 4.57. The Morgan fingerprint density at radius 3 is 2.48 bits per heavy atom. The van der Waals surface area contributed by atoms with E-state index in [0.29, 0.717) is 24.0 Å². The van der Waals surface area contributed by atoms with Crippen LogP contribution in [0.1, 0.15) is 77.7 Å². The van der Waals surface area contributed by atoms with Crippen molar-refractivity contribution in [3.05, 3.63) is 38.8 Å². The van der Waals surface area contributed by atoms with Gasteiger partial charge in [-0.3, -0.25) is 18.7 Å². The Labute approximate surface area is 180 Å². The number of nitrogens with one attached hydrogen (secondary N) is 1. The molecule has 0 unspecified atom stereocenters. The highest BCUT2D eigenvalue weighted by Crippen LogP contribution is 2.27. The van der Waals surface area contributed by atoms with Gasteiger partial charge in [-0.1, -0.05) is 33.1 Å². The molecule has 7 nitrogen and oxygen atoms in total. The van der Waals surface area contributed by atoms with E-state index in [9.17, 15) is 18.8 Å². The highest BCUT2D eigenvalue weighted by molar-refractivity contribution is 5.82. The number of hydrogen-bond acceptors (Lipinski definition) is 4. The number of fused-ring (bicyclic) bond motifs is 1. The highest BCUT2D eigenvalue weighted by Gasteiger charge is 2.21. The molecule has 1 aromatic heterocycles. The van der Waals surface area contributed by atoms with E-state index < -0.39 is 23.0 Å². The maximum atomic E-state index is 15.0. The van der Waals surface area contributed by atoms with E-state index in [2.05, 4.69) is 5.32 Å². The summed E-state index contributed by atoms with van der Waals surface area (Å²) in [7, 11) is 0. The average Bonchev–Trinajstić information content (AvgIpc) is 2.75. The number of anilines is 1. The summed E-state index contributed by atoms with van der Waals surface area (Å²) in [6, 6.07) is 2.86. The Morgan fingerprint density at radius 2 is 1.87 bits per heavy atom. The minimum Gasteiger partial charge on any atom is -0.481 e. The molecule has 1 fully saturated rings. The Kier molecular flexibility index (Phi) is 7.51. The van der Waals surface area contributed by atoms with Gasteiger partial charge in [-0.15, -0.1) is 0 Å². The van der Waals surface area contributed by atoms with Crippen LogP contribution in [0, 0.1) is 5.82 Å². The van der Waals surface area contributed by atoms with Gasteiger partial charge in [-0.25, -0.2) is 9.18 Å². The van der Waals surface area contributed by atoms with Crippen molar-refractivity contribution in [1.29, 1.82) is 0 Å². The second-order valence-electron chi connectivity index (χ2n) is 8.41. The Hall–Kier alpha value is -2.64. The number of carboxylic acid groups (broad SMARTS) is 1. The van der Waals surface area contributed by atoms with Crippen LogP contribution in [0.25, 0.3) is 10.9 Å². The molecule has 0 atom stereocenters. The van der Waals surface area contributed by atoms with Crippen molar-refractivity contribution in [2.75, 3.05) is 5.32 Å². The predicted molar refractivity (Wildman–Crippen MR) is 119 cm³/mol. The fraction of sp³-hybridized carbons (Fsp3) is 0.609. The van der Waals surface area contributed by atoms with E-state index in [-0.39, 0.29) is 36.9 Å². The first-order valence-corrected chi connectivity index (χ1v) is 11.3. The third kappa shape index (κ3) is 4.99. The van der Waals surface area contributed by atoms with Crippen molar-refractivity contribution in [1.82, 2.24) is 9.13 Å². The third-order valence-electron chi connectivity index (χ3n) is 6.30. The van der Waals surface area contributed by atoms with Crippen molar-refractivity contribution in [2.24, 2.45) is 0 Å². The first-order valence-electron chi connectivity index (χ1n) is 11.3. The molecular formula is C23H32FN3O4. The van der Waals surface area contributed by atoms with Crippen LogP contribution < -0.4 is 16.6 Å². The van der Waals surface area contributed by atoms with Gasteiger partial charge in [0.15, 0.2) is 0 Å². The van der Waals surface area contributed by atoms with Gasteiger partial charge in [0.25, 0.3) is 5.56 Å². The summed E-state index contributed by atoms with van der Waals surface area (Å²) < 4.78 is 17.6. The van der Waals surface area contributed by atoms with Gasteiger partial charge in [0.2, 0.25) is 0 Å². The van der Waals surface area contributed by atoms with Crippen molar-refractivity contribution < 1.29 is 14.3 Å². The number of halogens is 1. The number of rotatable bonds is 9. The molecule has 1 aliphatic rings. The molecule has 0 spiro atoms. The lowest BCUT2D eigenvalue weighted by molar-refractivity contribution is -0.137. The molecule has 170 valence electrons. The fourth-order valence-corrected chi connectivity index (χ4v) is 4.57. The third-order valence-corrected chi connectivity index (χ3v) is 6.30. The van der Waals surface area contributed by atoms with Gasteiger partial charge in [0.1, 0.15) is 5.82 Å². The highest BCUT2D eigenvalue weighted by atomic mass is 19.1. The normalized spacial score (nSPS) is 15.0. The zero-order valence-electron chi connectivity index (χ0n) is 18.3. The molecule has 0 aliphatic heterocycles. The molecule has 1 aromatic carbocycles. The van der Waals surface area contributed by atoms with Crippen molar-refractivity contribution >= 4 is 22.6 Å². The summed E-state index contributed by atoms with van der Waals surface area (Å²) in [5, 5.41) is 12.3. The molecule has 1 saturated carbocycles. The molecule has 3 rings (SSSR count). The summed E-state index contributed by atoms with van der Waals surface area (Å²) in [6.07, 6.45) is 6.72. The molecule has 1 heterocycles. The first kappa shape index (κ1) is 23.0. The van der Waals surface area contributed by atoms with Gasteiger partial charge >= 0.3 is 11.7 Å². The number of benzene rings is 1. The van der Waals surface area contributed by atoms with Gasteiger partial charge in [0.05, 0.1) is 16.6 Å². The quantitative estimate of drug-likeness (QED) is 0.616. The maximum Gasteiger partial charge on any atom is 0.331 e. The topological polar surface area (TPSA) is 93.3 Å². The molecule has 8 heteroatoms. The van der Waals surface area contributed by atoms with Crippen LogP contribution in [0.3, 0.4) is 0 Å². The number of aliphatic carboxylic acids is 1. The lowest BCUT2D eigenvalue weighted by Crippen LogP contribution is -2.41.